The van der Waals surface area contributed by atoms with Gasteiger partial charge in [0.15, 0.2) is 5.78 Å². The number of carbonyl (C=O) groups is 4. The molecule has 0 radical (unpaired) electrons. The summed E-state index contributed by atoms with van der Waals surface area (Å²) >= 11 is 1.55. The molecule has 0 saturated carbocycles. The normalized spacial score (nSPS) is 21.8. The number of ketones is 1. The summed E-state index contributed by atoms with van der Waals surface area (Å²) in [6.45, 7) is 6.29. The molecule has 0 aliphatic carbocycles. The molecule has 11 heteroatoms. The summed E-state index contributed by atoms with van der Waals surface area (Å²) in [7, 11) is 0. The number of epoxide rings is 1. The molecule has 3 rings (SSSR count). The van der Waals surface area contributed by atoms with Gasteiger partial charge in [-0.1, -0.05) is 30.3 Å². The van der Waals surface area contributed by atoms with Gasteiger partial charge in [-0.25, -0.2) is 0 Å². The molecule has 4 atom stereocenters. The summed E-state index contributed by atoms with van der Waals surface area (Å²) in [6, 6.07) is 6.99. The number of Topliss-reactive ketones (excluding diaryl/α,β-unsaturated/α-hetero) is 1. The quantitative estimate of drug-likeness (QED) is 0.288. The van der Waals surface area contributed by atoms with Crippen LogP contribution in [0.2, 0.25) is 0 Å². The summed E-state index contributed by atoms with van der Waals surface area (Å²) < 4.78 is 10.6. The number of benzene rings is 1. The molecule has 0 unspecified atom stereocenters. The lowest BCUT2D eigenvalue weighted by molar-refractivity contribution is -0.134. The number of nitrogens with one attached hydrogen (secondary N) is 3. The Morgan fingerprint density at radius 3 is 2.30 bits per heavy atom. The Hall–Kier alpha value is -2.47. The average Bonchev–Trinajstić information content (AvgIpc) is 3.64. The predicted molar refractivity (Wildman–Crippen MR) is 141 cm³/mol. The second-order valence-corrected chi connectivity index (χ2v) is 10.6. The number of thioether (sulfide) groups is 1. The minimum atomic E-state index is -0.899. The van der Waals surface area contributed by atoms with Crippen LogP contribution in [0.5, 0.6) is 0 Å². The van der Waals surface area contributed by atoms with Gasteiger partial charge in [0.05, 0.1) is 32.4 Å². The molecule has 37 heavy (non-hydrogen) atoms. The second kappa shape index (κ2) is 13.9. The highest BCUT2D eigenvalue weighted by atomic mass is 32.2. The maximum atomic E-state index is 13.3. The van der Waals surface area contributed by atoms with Crippen LogP contribution >= 0.6 is 11.8 Å². The Morgan fingerprint density at radius 2 is 1.68 bits per heavy atom. The number of nitrogens with zero attached hydrogens (tertiary/aromatic N) is 1. The van der Waals surface area contributed by atoms with Crippen molar-refractivity contribution in [1.82, 2.24) is 20.9 Å². The molecule has 1 aromatic carbocycles. The molecule has 3 amide bonds. The van der Waals surface area contributed by atoms with E-state index in [0.29, 0.717) is 51.5 Å². The molecule has 2 aliphatic rings. The molecule has 0 spiro atoms. The third-order valence-electron chi connectivity index (χ3n) is 6.50. The molecule has 1 aromatic rings. The predicted octanol–water partition coefficient (Wildman–Crippen LogP) is 0.147. The van der Waals surface area contributed by atoms with Crippen molar-refractivity contribution in [2.45, 2.75) is 50.4 Å². The number of hydrogen-bond donors (Lipinski definition) is 3. The molecule has 10 nitrogen and oxygen atoms in total. The van der Waals surface area contributed by atoms with Crippen molar-refractivity contribution in [3.05, 3.63) is 35.9 Å². The summed E-state index contributed by atoms with van der Waals surface area (Å²) in [5.74, 6) is -0.717. The molecule has 0 aromatic heterocycles. The Bertz CT molecular complexity index is 936. The Labute approximate surface area is 222 Å². The van der Waals surface area contributed by atoms with Gasteiger partial charge >= 0.3 is 0 Å². The molecule has 2 heterocycles. The van der Waals surface area contributed by atoms with Crippen LogP contribution in [0.25, 0.3) is 0 Å². The number of carbonyl (C=O) groups excluding carboxylic acids is 4. The van der Waals surface area contributed by atoms with Crippen LogP contribution in [0.4, 0.5) is 0 Å². The molecule has 3 N–H and O–H groups in total. The first-order valence-corrected chi connectivity index (χ1v) is 14.0. The zero-order valence-corrected chi connectivity index (χ0v) is 22.6. The minimum absolute atomic E-state index is 0.182. The number of rotatable bonds is 14. The van der Waals surface area contributed by atoms with E-state index in [4.69, 9.17) is 9.47 Å². The van der Waals surface area contributed by atoms with Gasteiger partial charge in [-0.05, 0) is 44.3 Å². The maximum absolute atomic E-state index is 13.3. The van der Waals surface area contributed by atoms with E-state index in [1.165, 1.54) is 0 Å². The lowest BCUT2D eigenvalue weighted by atomic mass is 9.94. The molecule has 204 valence electrons. The van der Waals surface area contributed by atoms with E-state index in [-0.39, 0.29) is 18.2 Å². The van der Waals surface area contributed by atoms with E-state index >= 15 is 0 Å². The SMILES string of the molecule is CSCC[C@H](NC(=O)[C@H](C)NC(=O)CN1CCOCC1)C(=O)N[C@@H](Cc1ccccc1)C(=O)[C@@]1(C)CO1. The highest BCUT2D eigenvalue weighted by molar-refractivity contribution is 7.98. The maximum Gasteiger partial charge on any atom is 0.243 e. The number of morpholine rings is 1. The van der Waals surface area contributed by atoms with E-state index < -0.39 is 35.5 Å². The van der Waals surface area contributed by atoms with Crippen LogP contribution in [0.1, 0.15) is 25.8 Å². The first kappa shape index (κ1) is 29.1. The van der Waals surface area contributed by atoms with E-state index in [0.717, 1.165) is 5.56 Å². The van der Waals surface area contributed by atoms with Gasteiger partial charge in [-0.2, -0.15) is 11.8 Å². The van der Waals surface area contributed by atoms with Crippen molar-refractivity contribution in [2.24, 2.45) is 0 Å². The number of hydrogen-bond acceptors (Lipinski definition) is 8. The summed E-state index contributed by atoms with van der Waals surface area (Å²) in [6.07, 6.45) is 2.62. The lowest BCUT2D eigenvalue weighted by Gasteiger charge is -2.27. The minimum Gasteiger partial charge on any atom is -0.379 e. The first-order chi connectivity index (χ1) is 17.7. The van der Waals surface area contributed by atoms with Crippen LogP contribution < -0.4 is 16.0 Å². The molecular formula is C26H38N4O6S. The smallest absolute Gasteiger partial charge is 0.243 e. The third kappa shape index (κ3) is 9.10. The van der Waals surface area contributed by atoms with Gasteiger partial charge < -0.3 is 25.4 Å². The van der Waals surface area contributed by atoms with E-state index in [2.05, 4.69) is 16.0 Å². The fourth-order valence-corrected chi connectivity index (χ4v) is 4.54. The monoisotopic (exact) mass is 534 g/mol. The second-order valence-electron chi connectivity index (χ2n) is 9.66. The van der Waals surface area contributed by atoms with E-state index in [9.17, 15) is 19.2 Å². The van der Waals surface area contributed by atoms with Crippen LogP contribution in [0, 0.1) is 0 Å². The zero-order valence-electron chi connectivity index (χ0n) is 21.8. The largest absolute Gasteiger partial charge is 0.379 e. The molecule has 2 aliphatic heterocycles. The van der Waals surface area contributed by atoms with Gasteiger partial charge in [-0.3, -0.25) is 24.1 Å². The van der Waals surface area contributed by atoms with Crippen LogP contribution in [0.15, 0.2) is 30.3 Å². The van der Waals surface area contributed by atoms with E-state index in [1.807, 2.05) is 41.5 Å². The van der Waals surface area contributed by atoms with Gasteiger partial charge in [-0.15, -0.1) is 0 Å². The van der Waals surface area contributed by atoms with Crippen molar-refractivity contribution >= 4 is 35.3 Å². The molecule has 2 saturated heterocycles. The zero-order chi connectivity index (χ0) is 26.8. The van der Waals surface area contributed by atoms with Gasteiger partial charge in [0.1, 0.15) is 17.7 Å². The summed E-state index contributed by atoms with van der Waals surface area (Å²) in [4.78, 5) is 53.7. The van der Waals surface area contributed by atoms with Gasteiger partial charge in [0, 0.05) is 13.1 Å². The van der Waals surface area contributed by atoms with Crippen LogP contribution in [-0.2, 0) is 35.1 Å². The van der Waals surface area contributed by atoms with Crippen molar-refractivity contribution in [3.8, 4) is 0 Å². The standard InChI is InChI=1S/C26H38N4O6S/c1-18(27-22(31)16-30-10-12-35-13-11-30)24(33)28-20(9-14-37-3)25(34)29-21(23(32)26(2)17-36-26)15-19-7-5-4-6-8-19/h4-8,18,20-21H,9-17H2,1-3H3,(H,27,31)(H,28,33)(H,29,34)/t18-,20-,21-,26+/m0/s1. The number of amides is 3. The fourth-order valence-electron chi connectivity index (χ4n) is 4.07. The molecule has 2 fully saturated rings. The highest BCUT2D eigenvalue weighted by Gasteiger charge is 2.50. The highest BCUT2D eigenvalue weighted by Crippen LogP contribution is 2.29. The lowest BCUT2D eigenvalue weighted by Crippen LogP contribution is -2.57. The number of ether oxygens (including phenoxy) is 2. The fraction of sp³-hybridized carbons (Fsp3) is 0.615. The summed E-state index contributed by atoms with van der Waals surface area (Å²) in [5.41, 5.74) is 0.0102. The van der Waals surface area contributed by atoms with Crippen molar-refractivity contribution in [3.63, 3.8) is 0 Å². The molecular weight excluding hydrogens is 496 g/mol. The Balaban J connectivity index is 1.61. The molecule has 0 bridgehead atoms. The van der Waals surface area contributed by atoms with Crippen molar-refractivity contribution in [1.29, 1.82) is 0 Å². The Kier molecular flexibility index (Phi) is 10.9. The van der Waals surface area contributed by atoms with Crippen LogP contribution in [0.3, 0.4) is 0 Å². The van der Waals surface area contributed by atoms with Crippen molar-refractivity contribution in [2.75, 3.05) is 51.5 Å². The Morgan fingerprint density at radius 1 is 1.03 bits per heavy atom. The topological polar surface area (TPSA) is 129 Å². The summed E-state index contributed by atoms with van der Waals surface area (Å²) in [5, 5.41) is 8.34. The third-order valence-corrected chi connectivity index (χ3v) is 7.14. The van der Waals surface area contributed by atoms with Gasteiger partial charge in [0.2, 0.25) is 17.7 Å². The average molecular weight is 535 g/mol. The van der Waals surface area contributed by atoms with E-state index in [1.54, 1.807) is 25.6 Å². The first-order valence-electron chi connectivity index (χ1n) is 12.6. The van der Waals surface area contributed by atoms with Crippen molar-refractivity contribution < 1.29 is 28.7 Å². The van der Waals surface area contributed by atoms with Gasteiger partial charge in [0.25, 0.3) is 0 Å². The van der Waals surface area contributed by atoms with Crippen LogP contribution in [-0.4, -0.2) is 104 Å².